The van der Waals surface area contributed by atoms with Crippen molar-refractivity contribution < 1.29 is 4.79 Å². The van der Waals surface area contributed by atoms with Crippen LogP contribution in [0.3, 0.4) is 0 Å². The molecule has 0 bridgehead atoms. The second-order valence-corrected chi connectivity index (χ2v) is 8.44. The highest BCUT2D eigenvalue weighted by atomic mass is 79.9. The zero-order valence-corrected chi connectivity index (χ0v) is 15.4. The van der Waals surface area contributed by atoms with E-state index in [0.717, 1.165) is 19.2 Å². The van der Waals surface area contributed by atoms with E-state index in [-0.39, 0.29) is 5.91 Å². The Bertz CT molecular complexity index is 745. The van der Waals surface area contributed by atoms with Crippen molar-refractivity contribution >= 4 is 66.6 Å². The Morgan fingerprint density at radius 1 is 1.41 bits per heavy atom. The molecule has 1 amide bonds. The van der Waals surface area contributed by atoms with E-state index in [9.17, 15) is 4.79 Å². The lowest BCUT2D eigenvalue weighted by atomic mass is 10.2. The van der Waals surface area contributed by atoms with Crippen molar-refractivity contribution in [2.45, 2.75) is 11.4 Å². The number of carbonyl (C=O) groups excluding carboxylic acids is 1. The predicted molar refractivity (Wildman–Crippen MR) is 97.0 cm³/mol. The molecule has 1 N–H and O–H groups in total. The summed E-state index contributed by atoms with van der Waals surface area (Å²) >= 11 is 12.3. The van der Waals surface area contributed by atoms with Gasteiger partial charge in [-0.1, -0.05) is 35.5 Å². The minimum Gasteiger partial charge on any atom is -0.346 e. The van der Waals surface area contributed by atoms with Gasteiger partial charge in [-0.2, -0.15) is 5.10 Å². The molecular formula is C14H11BrClN3OS2. The number of nitrogens with one attached hydrogen (secondary N) is 1. The van der Waals surface area contributed by atoms with Gasteiger partial charge in [0.05, 0.1) is 8.68 Å². The van der Waals surface area contributed by atoms with E-state index < -0.39 is 0 Å². The first-order chi connectivity index (χ1) is 10.5. The Kier molecular flexibility index (Phi) is 4.77. The van der Waals surface area contributed by atoms with Crippen LogP contribution in [0.15, 0.2) is 44.1 Å². The normalized spacial score (nSPS) is 13.6. The van der Waals surface area contributed by atoms with Crippen molar-refractivity contribution in [2.75, 3.05) is 12.1 Å². The Labute approximate surface area is 149 Å². The number of hydrogen-bond acceptors (Lipinski definition) is 5. The first-order valence-corrected chi connectivity index (χ1v) is 9.15. The number of benzene rings is 1. The van der Waals surface area contributed by atoms with E-state index in [0.29, 0.717) is 16.6 Å². The number of fused-ring (bicyclic) bond motifs is 1. The number of thiophene rings is 1. The highest BCUT2D eigenvalue weighted by molar-refractivity contribution is 9.11. The zero-order valence-electron chi connectivity index (χ0n) is 11.5. The highest BCUT2D eigenvalue weighted by Crippen LogP contribution is 2.43. The molecular weight excluding hydrogens is 406 g/mol. The lowest BCUT2D eigenvalue weighted by Gasteiger charge is -2.19. The average molecular weight is 417 g/mol. The largest absolute Gasteiger partial charge is 0.346 e. The van der Waals surface area contributed by atoms with Crippen LogP contribution in [-0.4, -0.2) is 18.0 Å². The van der Waals surface area contributed by atoms with Gasteiger partial charge >= 0.3 is 0 Å². The van der Waals surface area contributed by atoms with Crippen LogP contribution in [0, 0.1) is 0 Å². The van der Waals surface area contributed by atoms with E-state index in [2.05, 4.69) is 26.3 Å². The molecule has 1 aromatic carbocycles. The number of halogens is 2. The summed E-state index contributed by atoms with van der Waals surface area (Å²) in [5.41, 5.74) is 0.992. The molecule has 22 heavy (non-hydrogen) atoms. The average Bonchev–Trinajstić information content (AvgIpc) is 2.87. The monoisotopic (exact) mass is 415 g/mol. The molecule has 8 heteroatoms. The molecule has 1 aromatic heterocycles. The smallest absolute Gasteiger partial charge is 0.278 e. The minimum atomic E-state index is -0.181. The molecule has 3 rings (SSSR count). The molecule has 2 aromatic rings. The molecule has 0 fully saturated rings. The number of thioether (sulfide) groups is 1. The fourth-order valence-electron chi connectivity index (χ4n) is 1.89. The number of anilines is 1. The molecule has 0 radical (unpaired) electrons. The van der Waals surface area contributed by atoms with Gasteiger partial charge in [-0.05, 0) is 39.7 Å². The number of nitrogens with zero attached hydrogens (tertiary/aromatic N) is 2. The summed E-state index contributed by atoms with van der Waals surface area (Å²) in [4.78, 5) is 13.3. The fraction of sp³-hybridized carbons (Fsp3) is 0.143. The van der Waals surface area contributed by atoms with Gasteiger partial charge in [0.2, 0.25) is 0 Å². The van der Waals surface area contributed by atoms with Crippen LogP contribution in [0.25, 0.3) is 0 Å². The highest BCUT2D eigenvalue weighted by Gasteiger charge is 2.24. The van der Waals surface area contributed by atoms with Gasteiger partial charge in [0.1, 0.15) is 5.00 Å². The van der Waals surface area contributed by atoms with Crippen LogP contribution >= 0.6 is 50.6 Å². The third-order valence-corrected chi connectivity index (χ3v) is 6.03. The molecule has 114 valence electrons. The quantitative estimate of drug-likeness (QED) is 0.809. The van der Waals surface area contributed by atoms with Crippen molar-refractivity contribution in [1.29, 1.82) is 0 Å². The third-order valence-electron chi connectivity index (χ3n) is 2.95. The van der Waals surface area contributed by atoms with E-state index in [1.807, 2.05) is 25.2 Å². The van der Waals surface area contributed by atoms with Crippen LogP contribution in [0.2, 0.25) is 5.02 Å². The number of amides is 1. The van der Waals surface area contributed by atoms with E-state index in [1.165, 1.54) is 11.8 Å². The van der Waals surface area contributed by atoms with Crippen molar-refractivity contribution in [1.82, 2.24) is 5.32 Å². The van der Waals surface area contributed by atoms with Gasteiger partial charge in [0.15, 0.2) is 5.04 Å². The first kappa shape index (κ1) is 15.9. The molecule has 0 unspecified atom stereocenters. The van der Waals surface area contributed by atoms with Gasteiger partial charge in [0.25, 0.3) is 5.91 Å². The lowest BCUT2D eigenvalue weighted by molar-refractivity contribution is -0.114. The number of rotatable bonds is 3. The summed E-state index contributed by atoms with van der Waals surface area (Å²) in [5.74, 6) is -0.181. The number of hydrazone groups is 1. The Morgan fingerprint density at radius 2 is 2.14 bits per heavy atom. The van der Waals surface area contributed by atoms with Gasteiger partial charge in [0, 0.05) is 18.6 Å². The third kappa shape index (κ3) is 3.48. The maximum Gasteiger partial charge on any atom is 0.278 e. The summed E-state index contributed by atoms with van der Waals surface area (Å²) in [7, 11) is 1.84. The first-order valence-electron chi connectivity index (χ1n) is 6.35. The molecule has 4 nitrogen and oxygen atoms in total. The van der Waals surface area contributed by atoms with Crippen LogP contribution in [0.4, 0.5) is 5.00 Å². The van der Waals surface area contributed by atoms with Crippen LogP contribution in [0.1, 0.15) is 5.56 Å². The zero-order chi connectivity index (χ0) is 15.7. The molecule has 0 aliphatic carbocycles. The summed E-state index contributed by atoms with van der Waals surface area (Å²) in [6.07, 6.45) is 0. The summed E-state index contributed by atoms with van der Waals surface area (Å²) in [6, 6.07) is 9.39. The van der Waals surface area contributed by atoms with Gasteiger partial charge in [-0.15, -0.1) is 11.3 Å². The van der Waals surface area contributed by atoms with Gasteiger partial charge in [-0.3, -0.25) is 9.80 Å². The standard InChI is InChI=1S/C14H11BrClN3OS2/c1-19-14-10(6-11(15)22-14)21-13(18-19)12(20)17-7-8-2-4-9(16)5-3-8/h2-6H,7H2,1H3,(H,17,20). The van der Waals surface area contributed by atoms with E-state index in [4.69, 9.17) is 11.6 Å². The molecule has 2 heterocycles. The molecule has 0 saturated heterocycles. The second-order valence-electron chi connectivity index (χ2n) is 4.56. The Morgan fingerprint density at radius 3 is 2.86 bits per heavy atom. The minimum absolute atomic E-state index is 0.181. The maximum atomic E-state index is 12.3. The molecule has 1 aliphatic rings. The van der Waals surface area contributed by atoms with Crippen molar-refractivity contribution in [3.8, 4) is 0 Å². The van der Waals surface area contributed by atoms with Crippen LogP contribution in [0.5, 0.6) is 0 Å². The Hall–Kier alpha value is -1.02. The molecule has 0 spiro atoms. The Balaban J connectivity index is 1.66. The summed E-state index contributed by atoms with van der Waals surface area (Å²) in [5, 5.41) is 11.1. The number of hydrogen-bond donors (Lipinski definition) is 1. The molecule has 1 aliphatic heterocycles. The lowest BCUT2D eigenvalue weighted by Crippen LogP contribution is -2.31. The topological polar surface area (TPSA) is 44.7 Å². The predicted octanol–water partition coefficient (Wildman–Crippen LogP) is 4.34. The van der Waals surface area contributed by atoms with Crippen molar-refractivity contribution in [3.63, 3.8) is 0 Å². The summed E-state index contributed by atoms with van der Waals surface area (Å²) < 4.78 is 1.02. The van der Waals surface area contributed by atoms with Crippen molar-refractivity contribution in [3.05, 3.63) is 44.7 Å². The van der Waals surface area contributed by atoms with E-state index >= 15 is 0 Å². The van der Waals surface area contributed by atoms with Gasteiger partial charge < -0.3 is 5.32 Å². The van der Waals surface area contributed by atoms with Gasteiger partial charge in [-0.25, -0.2) is 0 Å². The van der Waals surface area contributed by atoms with Crippen LogP contribution < -0.4 is 10.3 Å². The maximum absolute atomic E-state index is 12.3. The summed E-state index contributed by atoms with van der Waals surface area (Å²) in [6.45, 7) is 0.444. The fourth-order valence-corrected chi connectivity index (χ4v) is 4.81. The second kappa shape index (κ2) is 6.62. The SMILES string of the molecule is CN1N=C(C(=O)NCc2ccc(Cl)cc2)Sc2cc(Br)sc21. The number of carbonyl (C=O) groups is 1. The van der Waals surface area contributed by atoms with Crippen molar-refractivity contribution in [2.24, 2.45) is 5.10 Å². The van der Waals surface area contributed by atoms with E-state index in [1.54, 1.807) is 28.5 Å². The molecule has 0 saturated carbocycles. The molecule has 0 atom stereocenters. The van der Waals surface area contributed by atoms with Crippen LogP contribution in [-0.2, 0) is 11.3 Å².